The zero-order valence-electron chi connectivity index (χ0n) is 23.8. The molecule has 0 aromatic rings. The predicted molar refractivity (Wildman–Crippen MR) is 131 cm³/mol. The normalized spacial score (nSPS) is 28.0. The van der Waals surface area contributed by atoms with Gasteiger partial charge in [0.2, 0.25) is 0 Å². The first kappa shape index (κ1) is 30.2. The Bertz CT molecular complexity index is 639. The molecule has 6 nitrogen and oxygen atoms in total. The van der Waals surface area contributed by atoms with Gasteiger partial charge < -0.3 is 18.9 Å². The molecule has 0 aromatic carbocycles. The van der Waals surface area contributed by atoms with E-state index in [4.69, 9.17) is 18.9 Å². The third-order valence-corrected chi connectivity index (χ3v) is 5.00. The maximum Gasteiger partial charge on any atom is 0.169 e. The van der Waals surface area contributed by atoms with Gasteiger partial charge in [-0.1, -0.05) is 41.5 Å². The molecule has 0 saturated carbocycles. The van der Waals surface area contributed by atoms with Crippen LogP contribution in [-0.2, 0) is 28.5 Å². The Kier molecular flexibility index (Phi) is 8.86. The maximum absolute atomic E-state index is 13.6. The van der Waals surface area contributed by atoms with Gasteiger partial charge in [-0.2, -0.15) is 0 Å². The highest BCUT2D eigenvalue weighted by atomic mass is 16.6. The molecule has 4 atom stereocenters. The van der Waals surface area contributed by atoms with Crippen LogP contribution in [0.2, 0.25) is 0 Å². The summed E-state index contributed by atoms with van der Waals surface area (Å²) >= 11 is 0. The Morgan fingerprint density at radius 1 is 0.485 bits per heavy atom. The molecule has 0 N–H and O–H groups in total. The summed E-state index contributed by atoms with van der Waals surface area (Å²) in [6.07, 6.45) is -4.11. The molecular formula is C27H50O6. The number of ether oxygens (including phenoxy) is 4. The molecule has 1 heterocycles. The minimum Gasteiger partial charge on any atom is -0.367 e. The molecule has 0 aromatic heterocycles. The first-order valence-electron chi connectivity index (χ1n) is 12.1. The minimum absolute atomic E-state index is 0.125. The van der Waals surface area contributed by atoms with Gasteiger partial charge in [-0.15, -0.1) is 0 Å². The van der Waals surface area contributed by atoms with Crippen LogP contribution in [0.3, 0.4) is 0 Å². The number of rotatable bonds is 5. The van der Waals surface area contributed by atoms with E-state index in [1.54, 1.807) is 0 Å². The van der Waals surface area contributed by atoms with Crippen LogP contribution in [0.1, 0.15) is 104 Å². The molecule has 1 aliphatic heterocycles. The van der Waals surface area contributed by atoms with Gasteiger partial charge in [-0.05, 0) is 62.3 Å². The molecular weight excluding hydrogens is 420 g/mol. The second-order valence-corrected chi connectivity index (χ2v) is 14.3. The monoisotopic (exact) mass is 470 g/mol. The van der Waals surface area contributed by atoms with Gasteiger partial charge in [0.25, 0.3) is 0 Å². The quantitative estimate of drug-likeness (QED) is 0.526. The smallest absolute Gasteiger partial charge is 0.169 e. The van der Waals surface area contributed by atoms with Crippen LogP contribution >= 0.6 is 0 Å². The molecule has 1 rings (SSSR count). The highest BCUT2D eigenvalue weighted by molar-refractivity contribution is 5.92. The van der Waals surface area contributed by atoms with Crippen molar-refractivity contribution < 1.29 is 28.5 Å². The fourth-order valence-corrected chi connectivity index (χ4v) is 3.74. The average molecular weight is 471 g/mol. The van der Waals surface area contributed by atoms with E-state index in [9.17, 15) is 9.59 Å². The minimum atomic E-state index is -0.965. The van der Waals surface area contributed by atoms with Gasteiger partial charge in [0.05, 0.1) is 16.8 Å². The van der Waals surface area contributed by atoms with E-state index in [2.05, 4.69) is 0 Å². The first-order chi connectivity index (χ1) is 14.3. The van der Waals surface area contributed by atoms with Gasteiger partial charge in [-0.25, -0.2) is 0 Å². The molecule has 0 spiro atoms. The number of carbonyl (C=O) groups is 2. The van der Waals surface area contributed by atoms with Crippen LogP contribution in [0.25, 0.3) is 0 Å². The van der Waals surface area contributed by atoms with Crippen LogP contribution in [0, 0.1) is 10.8 Å². The summed E-state index contributed by atoms with van der Waals surface area (Å²) in [5, 5.41) is 0. The Balaban J connectivity index is 3.79. The van der Waals surface area contributed by atoms with Crippen molar-refractivity contribution in [1.82, 2.24) is 0 Å². The molecule has 33 heavy (non-hydrogen) atoms. The van der Waals surface area contributed by atoms with Crippen molar-refractivity contribution in [3.8, 4) is 0 Å². The summed E-state index contributed by atoms with van der Waals surface area (Å²) in [4.78, 5) is 27.2. The summed E-state index contributed by atoms with van der Waals surface area (Å²) in [7, 11) is 0. The molecule has 0 amide bonds. The van der Waals surface area contributed by atoms with Crippen molar-refractivity contribution >= 4 is 11.6 Å². The van der Waals surface area contributed by atoms with Crippen molar-refractivity contribution in [1.29, 1.82) is 0 Å². The lowest BCUT2D eigenvalue weighted by Gasteiger charge is -2.51. The van der Waals surface area contributed by atoms with E-state index in [0.717, 1.165) is 0 Å². The van der Waals surface area contributed by atoms with E-state index in [0.29, 0.717) is 0 Å². The SMILES string of the molecule is CC(C)(C)OC1C(C(=O)C(C)(C)C)OC(C(=O)C(C)(C)C)C(OC(C)(C)C)C1OC(C)(C)C. The summed E-state index contributed by atoms with van der Waals surface area (Å²) in [5.41, 5.74) is -3.09. The highest BCUT2D eigenvalue weighted by Crippen LogP contribution is 2.39. The maximum atomic E-state index is 13.6. The van der Waals surface area contributed by atoms with Crippen molar-refractivity contribution in [3.63, 3.8) is 0 Å². The second kappa shape index (κ2) is 9.67. The van der Waals surface area contributed by atoms with Crippen LogP contribution in [0.5, 0.6) is 0 Å². The summed E-state index contributed by atoms with van der Waals surface area (Å²) in [6.45, 7) is 28.6. The molecule has 1 aliphatic rings. The van der Waals surface area contributed by atoms with Crippen molar-refractivity contribution in [2.75, 3.05) is 0 Å². The van der Waals surface area contributed by atoms with Gasteiger partial charge in [0.1, 0.15) is 30.5 Å². The van der Waals surface area contributed by atoms with Gasteiger partial charge in [0, 0.05) is 10.8 Å². The molecule has 194 valence electrons. The Morgan fingerprint density at radius 2 is 0.727 bits per heavy atom. The molecule has 1 fully saturated rings. The lowest BCUT2D eigenvalue weighted by molar-refractivity contribution is -0.293. The number of ketones is 2. The van der Waals surface area contributed by atoms with Crippen molar-refractivity contribution in [2.24, 2.45) is 10.8 Å². The van der Waals surface area contributed by atoms with E-state index in [-0.39, 0.29) is 11.6 Å². The van der Waals surface area contributed by atoms with E-state index in [1.165, 1.54) is 0 Å². The molecule has 4 unspecified atom stereocenters. The van der Waals surface area contributed by atoms with Crippen LogP contribution < -0.4 is 0 Å². The van der Waals surface area contributed by atoms with Crippen LogP contribution in [0.15, 0.2) is 0 Å². The zero-order valence-corrected chi connectivity index (χ0v) is 23.8. The topological polar surface area (TPSA) is 71.1 Å². The van der Waals surface area contributed by atoms with E-state index >= 15 is 0 Å². The Morgan fingerprint density at radius 3 is 0.939 bits per heavy atom. The van der Waals surface area contributed by atoms with Crippen LogP contribution in [-0.4, -0.2) is 58.9 Å². The highest BCUT2D eigenvalue weighted by Gasteiger charge is 2.57. The number of hydrogen-bond donors (Lipinski definition) is 0. The standard InChI is InChI=1S/C27H50O6/c1-23(2,3)21(28)19-17(32-26(10,11)12)16(31-25(7,8)9)18(33-27(13,14)15)20(30-19)22(29)24(4,5)6/h16-20H,1-15H3. The van der Waals surface area contributed by atoms with Gasteiger partial charge >= 0.3 is 0 Å². The summed E-state index contributed by atoms with van der Waals surface area (Å²) in [6, 6.07) is 0. The summed E-state index contributed by atoms with van der Waals surface area (Å²) in [5.74, 6) is -0.250. The first-order valence-corrected chi connectivity index (χ1v) is 12.1. The Labute approximate surface area is 202 Å². The lowest BCUT2D eigenvalue weighted by atomic mass is 9.78. The number of hydrogen-bond acceptors (Lipinski definition) is 6. The van der Waals surface area contributed by atoms with Gasteiger partial charge in [-0.3, -0.25) is 9.59 Å². The number of Topliss-reactive ketones (excluding diaryl/α,β-unsaturated/α-hetero) is 2. The predicted octanol–water partition coefficient (Wildman–Crippen LogP) is 5.54. The van der Waals surface area contributed by atoms with Crippen molar-refractivity contribution in [3.05, 3.63) is 0 Å². The molecule has 0 aliphatic carbocycles. The van der Waals surface area contributed by atoms with E-state index < -0.39 is 58.2 Å². The number of carbonyl (C=O) groups excluding carboxylic acids is 2. The average Bonchev–Trinajstić information content (AvgIpc) is 2.51. The molecule has 6 heteroatoms. The third-order valence-electron chi connectivity index (χ3n) is 5.00. The molecule has 0 bridgehead atoms. The molecule has 1 saturated heterocycles. The fourth-order valence-electron chi connectivity index (χ4n) is 3.74. The van der Waals surface area contributed by atoms with E-state index in [1.807, 2.05) is 104 Å². The largest absolute Gasteiger partial charge is 0.367 e. The second-order valence-electron chi connectivity index (χ2n) is 14.3. The zero-order chi connectivity index (χ0) is 26.4. The third kappa shape index (κ3) is 9.04. The summed E-state index contributed by atoms with van der Waals surface area (Å²) < 4.78 is 25.9. The lowest BCUT2D eigenvalue weighted by Crippen LogP contribution is -2.68. The van der Waals surface area contributed by atoms with Crippen molar-refractivity contribution in [2.45, 2.75) is 151 Å². The van der Waals surface area contributed by atoms with Gasteiger partial charge in [0.15, 0.2) is 11.6 Å². The Hall–Kier alpha value is -0.820. The fraction of sp³-hybridized carbons (Fsp3) is 0.926. The molecule has 0 radical (unpaired) electrons. The van der Waals surface area contributed by atoms with Crippen LogP contribution in [0.4, 0.5) is 0 Å².